The van der Waals surface area contributed by atoms with Crippen LogP contribution in [0.4, 0.5) is 10.1 Å². The number of nitrogens with one attached hydrogen (secondary N) is 1. The average molecular weight is 424 g/mol. The van der Waals surface area contributed by atoms with Gasteiger partial charge in [0.05, 0.1) is 22.1 Å². The number of benzene rings is 2. The summed E-state index contributed by atoms with van der Waals surface area (Å²) in [7, 11) is -3.54. The van der Waals surface area contributed by atoms with E-state index in [0.29, 0.717) is 39.9 Å². The molecule has 3 aromatic rings. The number of para-hydroxylation sites is 1. The zero-order valence-electron chi connectivity index (χ0n) is 16.6. The van der Waals surface area contributed by atoms with Gasteiger partial charge in [-0.25, -0.2) is 4.39 Å². The van der Waals surface area contributed by atoms with E-state index in [1.54, 1.807) is 41.8 Å². The molecule has 2 heterocycles. The SMILES string of the molecule is Cc1c(C2=NP(N)(=O)c3ccccc3N2)c(=O)n(CCC2CC2)c2ccc(F)cc12. The smallest absolute Gasteiger partial charge is 0.285 e. The van der Waals surface area contributed by atoms with E-state index in [-0.39, 0.29) is 22.8 Å². The Bertz CT molecular complexity index is 1330. The third-order valence-corrected chi connectivity index (χ3v) is 7.51. The molecule has 30 heavy (non-hydrogen) atoms. The summed E-state index contributed by atoms with van der Waals surface area (Å²) < 4.78 is 33.1. The van der Waals surface area contributed by atoms with Crippen molar-refractivity contribution in [1.29, 1.82) is 0 Å². The van der Waals surface area contributed by atoms with Crippen LogP contribution in [0.2, 0.25) is 0 Å². The Labute approximate surface area is 173 Å². The van der Waals surface area contributed by atoms with Crippen molar-refractivity contribution in [2.24, 2.45) is 16.2 Å². The lowest BCUT2D eigenvalue weighted by Gasteiger charge is -2.24. The number of pyridine rings is 1. The number of fused-ring (bicyclic) bond motifs is 2. The molecule has 6 nitrogen and oxygen atoms in total. The Balaban J connectivity index is 1.74. The molecule has 1 saturated carbocycles. The number of nitrogens with two attached hydrogens (primary N) is 1. The fraction of sp³-hybridized carbons (Fsp3) is 0.273. The van der Waals surface area contributed by atoms with Crippen molar-refractivity contribution in [3.8, 4) is 0 Å². The summed E-state index contributed by atoms with van der Waals surface area (Å²) in [5, 5.41) is 4.18. The molecule has 0 spiro atoms. The van der Waals surface area contributed by atoms with Crippen molar-refractivity contribution in [2.45, 2.75) is 32.7 Å². The topological polar surface area (TPSA) is 89.5 Å². The Kier molecular flexibility index (Phi) is 4.42. The highest BCUT2D eigenvalue weighted by Gasteiger charge is 2.31. The van der Waals surface area contributed by atoms with Gasteiger partial charge in [0.1, 0.15) is 11.7 Å². The van der Waals surface area contributed by atoms with E-state index in [1.165, 1.54) is 25.0 Å². The van der Waals surface area contributed by atoms with E-state index in [1.807, 2.05) is 0 Å². The third kappa shape index (κ3) is 3.18. The zero-order valence-corrected chi connectivity index (χ0v) is 17.5. The predicted octanol–water partition coefficient (Wildman–Crippen LogP) is 3.90. The Hall–Kier alpha value is -2.76. The lowest BCUT2D eigenvalue weighted by Crippen LogP contribution is -2.35. The van der Waals surface area contributed by atoms with Crippen LogP contribution >= 0.6 is 7.44 Å². The quantitative estimate of drug-likeness (QED) is 0.622. The van der Waals surface area contributed by atoms with Crippen LogP contribution in [-0.4, -0.2) is 10.4 Å². The lowest BCUT2D eigenvalue weighted by molar-refractivity contribution is 0.583. The lowest BCUT2D eigenvalue weighted by atomic mass is 10.0. The van der Waals surface area contributed by atoms with Gasteiger partial charge in [-0.1, -0.05) is 25.0 Å². The minimum absolute atomic E-state index is 0.174. The second kappa shape index (κ2) is 6.89. The predicted molar refractivity (Wildman–Crippen MR) is 118 cm³/mol. The average Bonchev–Trinajstić information content (AvgIpc) is 3.52. The molecule has 0 saturated heterocycles. The molecule has 1 aliphatic heterocycles. The number of hydrogen-bond acceptors (Lipinski definition) is 3. The molecule has 0 radical (unpaired) electrons. The first-order chi connectivity index (χ1) is 14.3. The molecule has 1 aliphatic carbocycles. The molecule has 5 rings (SSSR count). The molecule has 1 unspecified atom stereocenters. The number of anilines is 1. The van der Waals surface area contributed by atoms with Crippen molar-refractivity contribution in [3.05, 3.63) is 69.8 Å². The van der Waals surface area contributed by atoms with E-state index >= 15 is 0 Å². The second-order valence-corrected chi connectivity index (χ2v) is 9.99. The van der Waals surface area contributed by atoms with E-state index in [4.69, 9.17) is 5.50 Å². The summed E-state index contributed by atoms with van der Waals surface area (Å²) in [6.07, 6.45) is 3.26. The van der Waals surface area contributed by atoms with E-state index < -0.39 is 7.44 Å². The fourth-order valence-corrected chi connectivity index (χ4v) is 5.46. The number of halogens is 1. The molecule has 8 heteroatoms. The standard InChI is InChI=1S/C22H22FN4O2P/c1-13-16-12-15(23)8-9-18(16)27(11-10-14-6-7-14)22(28)20(13)21-25-17-4-2-3-5-19(17)30(24,29)26-21/h2-5,8-9,12,14H,6-7,10-11H2,1H3,(H3,24,25,26,29). The van der Waals surface area contributed by atoms with Gasteiger partial charge >= 0.3 is 0 Å². The highest BCUT2D eigenvalue weighted by atomic mass is 31.2. The Morgan fingerprint density at radius 2 is 2.03 bits per heavy atom. The number of aryl methyl sites for hydroxylation is 2. The monoisotopic (exact) mass is 424 g/mol. The molecule has 3 N–H and O–H groups in total. The van der Waals surface area contributed by atoms with Crippen molar-refractivity contribution < 1.29 is 8.96 Å². The molecule has 1 fully saturated rings. The maximum absolute atomic E-state index is 14.1. The zero-order chi connectivity index (χ0) is 21.0. The Morgan fingerprint density at radius 1 is 1.27 bits per heavy atom. The van der Waals surface area contributed by atoms with Gasteiger partial charge in [-0.2, -0.15) is 4.76 Å². The molecule has 0 bridgehead atoms. The largest absolute Gasteiger partial charge is 0.339 e. The van der Waals surface area contributed by atoms with Crippen LogP contribution in [0.3, 0.4) is 0 Å². The van der Waals surface area contributed by atoms with Crippen LogP contribution in [0, 0.1) is 18.7 Å². The number of amidine groups is 1. The van der Waals surface area contributed by atoms with Crippen LogP contribution in [-0.2, 0) is 11.1 Å². The summed E-state index contributed by atoms with van der Waals surface area (Å²) in [4.78, 5) is 13.6. The summed E-state index contributed by atoms with van der Waals surface area (Å²) in [5.41, 5.74) is 7.94. The molecule has 0 amide bonds. The highest BCUT2D eigenvalue weighted by Crippen LogP contribution is 2.43. The van der Waals surface area contributed by atoms with Crippen molar-refractivity contribution in [3.63, 3.8) is 0 Å². The first-order valence-electron chi connectivity index (χ1n) is 10.0. The van der Waals surface area contributed by atoms with Crippen molar-refractivity contribution >= 4 is 35.2 Å². The Morgan fingerprint density at radius 3 is 2.80 bits per heavy atom. The molecule has 2 aliphatic rings. The van der Waals surface area contributed by atoms with Gasteiger partial charge in [0.2, 0.25) is 0 Å². The molecular weight excluding hydrogens is 402 g/mol. The van der Waals surface area contributed by atoms with Crippen LogP contribution in [0.5, 0.6) is 0 Å². The second-order valence-electron chi connectivity index (χ2n) is 8.06. The minimum atomic E-state index is -3.54. The molecular formula is C22H22FN4O2P. The summed E-state index contributed by atoms with van der Waals surface area (Å²) >= 11 is 0. The number of nitrogens with zero attached hydrogens (tertiary/aromatic N) is 2. The number of aromatic nitrogens is 1. The molecule has 2 aromatic carbocycles. The minimum Gasteiger partial charge on any atom is -0.339 e. The maximum Gasteiger partial charge on any atom is 0.285 e. The van der Waals surface area contributed by atoms with E-state index in [9.17, 15) is 13.8 Å². The first kappa shape index (κ1) is 19.2. The first-order valence-corrected chi connectivity index (χ1v) is 11.8. The summed E-state index contributed by atoms with van der Waals surface area (Å²) in [6.45, 7) is 2.30. The van der Waals surface area contributed by atoms with Crippen LogP contribution in [0.1, 0.15) is 30.4 Å². The summed E-state index contributed by atoms with van der Waals surface area (Å²) in [5.74, 6) is 0.434. The number of hydrogen-bond donors (Lipinski definition) is 2. The van der Waals surface area contributed by atoms with E-state index in [0.717, 1.165) is 6.42 Å². The van der Waals surface area contributed by atoms with Gasteiger partial charge in [0.25, 0.3) is 13.0 Å². The van der Waals surface area contributed by atoms with Gasteiger partial charge in [0.15, 0.2) is 0 Å². The fourth-order valence-electron chi connectivity index (χ4n) is 4.13. The normalized spacial score (nSPS) is 20.6. The van der Waals surface area contributed by atoms with Gasteiger partial charge < -0.3 is 9.88 Å². The number of rotatable bonds is 4. The highest BCUT2D eigenvalue weighted by molar-refractivity contribution is 7.68. The molecule has 1 atom stereocenters. The third-order valence-electron chi connectivity index (χ3n) is 5.93. The van der Waals surface area contributed by atoms with Crippen LogP contribution in [0.25, 0.3) is 10.9 Å². The van der Waals surface area contributed by atoms with E-state index in [2.05, 4.69) is 10.1 Å². The molecule has 154 valence electrons. The molecule has 1 aromatic heterocycles. The van der Waals surface area contributed by atoms with Crippen molar-refractivity contribution in [1.82, 2.24) is 4.57 Å². The van der Waals surface area contributed by atoms with Gasteiger partial charge in [-0.3, -0.25) is 14.9 Å². The maximum atomic E-state index is 14.1. The van der Waals surface area contributed by atoms with Crippen LogP contribution in [0.15, 0.2) is 52.0 Å². The van der Waals surface area contributed by atoms with Gasteiger partial charge in [-0.05, 0) is 55.2 Å². The van der Waals surface area contributed by atoms with Gasteiger partial charge in [0, 0.05) is 11.9 Å². The van der Waals surface area contributed by atoms with Crippen LogP contribution < -0.4 is 21.7 Å². The van der Waals surface area contributed by atoms with Gasteiger partial charge in [-0.15, -0.1) is 0 Å². The van der Waals surface area contributed by atoms with Crippen molar-refractivity contribution in [2.75, 3.05) is 5.32 Å². The summed E-state index contributed by atoms with van der Waals surface area (Å²) in [6, 6.07) is 11.4.